The number of hydrogen-bond donors (Lipinski definition) is 1. The van der Waals surface area contributed by atoms with Gasteiger partial charge in [0.1, 0.15) is 0 Å². The normalized spacial score (nSPS) is 10.4. The van der Waals surface area contributed by atoms with Crippen molar-refractivity contribution < 1.29 is 0 Å². The lowest BCUT2D eigenvalue weighted by Gasteiger charge is -2.13. The summed E-state index contributed by atoms with van der Waals surface area (Å²) in [5, 5.41) is 3.73. The van der Waals surface area contributed by atoms with Gasteiger partial charge in [-0.25, -0.2) is 9.97 Å². The zero-order valence-corrected chi connectivity index (χ0v) is 11.4. The van der Waals surface area contributed by atoms with Gasteiger partial charge in [-0.1, -0.05) is 11.6 Å². The summed E-state index contributed by atoms with van der Waals surface area (Å²) in [5.74, 6) is 0.920. The Morgan fingerprint density at radius 2 is 2.17 bits per heavy atom. The molecule has 5 nitrogen and oxygen atoms in total. The number of pyridine rings is 1. The first-order valence-electron chi connectivity index (χ1n) is 5.62. The van der Waals surface area contributed by atoms with E-state index >= 15 is 0 Å². The predicted octanol–water partition coefficient (Wildman–Crippen LogP) is 2.15. The second kappa shape index (κ2) is 5.27. The number of halogens is 1. The smallest absolute Gasteiger partial charge is 0.204 e. The number of anilines is 2. The summed E-state index contributed by atoms with van der Waals surface area (Å²) in [7, 11) is 5.93. The highest BCUT2D eigenvalue weighted by Gasteiger charge is 2.08. The molecule has 0 fully saturated rings. The Morgan fingerprint density at radius 3 is 2.78 bits per heavy atom. The van der Waals surface area contributed by atoms with Gasteiger partial charge in [-0.05, 0) is 12.1 Å². The molecule has 2 aromatic rings. The Labute approximate surface area is 111 Å². The highest BCUT2D eigenvalue weighted by Crippen LogP contribution is 2.19. The third-order valence-corrected chi connectivity index (χ3v) is 2.98. The Hall–Kier alpha value is -1.75. The summed E-state index contributed by atoms with van der Waals surface area (Å²) in [6, 6.07) is 3.75. The van der Waals surface area contributed by atoms with E-state index in [1.807, 2.05) is 48.9 Å². The fraction of sp³-hybridized carbons (Fsp3) is 0.333. The zero-order valence-electron chi connectivity index (χ0n) is 10.7. The summed E-state index contributed by atoms with van der Waals surface area (Å²) < 4.78 is 2.04. The molecule has 0 aromatic carbocycles. The summed E-state index contributed by atoms with van der Waals surface area (Å²) in [4.78, 5) is 10.3. The Morgan fingerprint density at radius 1 is 1.39 bits per heavy atom. The van der Waals surface area contributed by atoms with E-state index in [-0.39, 0.29) is 0 Å². The molecular formula is C12H16ClN5. The molecule has 2 aromatic heterocycles. The maximum absolute atomic E-state index is 5.98. The van der Waals surface area contributed by atoms with E-state index in [9.17, 15) is 0 Å². The lowest BCUT2D eigenvalue weighted by atomic mass is 10.4. The second-order valence-corrected chi connectivity index (χ2v) is 4.56. The van der Waals surface area contributed by atoms with Crippen LogP contribution in [-0.2, 0) is 13.6 Å². The number of imidazole rings is 1. The fourth-order valence-corrected chi connectivity index (χ4v) is 1.90. The molecule has 0 aliphatic carbocycles. The van der Waals surface area contributed by atoms with Gasteiger partial charge in [-0.3, -0.25) is 0 Å². The minimum atomic E-state index is 0.479. The number of rotatable bonds is 4. The molecule has 0 atom stereocenters. The molecule has 0 aliphatic heterocycles. The van der Waals surface area contributed by atoms with Crippen molar-refractivity contribution >= 4 is 23.2 Å². The van der Waals surface area contributed by atoms with Gasteiger partial charge in [0.05, 0.1) is 24.1 Å². The number of hydrogen-bond acceptors (Lipinski definition) is 4. The molecule has 2 rings (SSSR count). The van der Waals surface area contributed by atoms with E-state index < -0.39 is 0 Å². The average molecular weight is 266 g/mol. The lowest BCUT2D eigenvalue weighted by molar-refractivity contribution is 0.814. The Kier molecular flexibility index (Phi) is 3.72. The summed E-state index contributed by atoms with van der Waals surface area (Å²) in [6.07, 6.45) is 3.52. The van der Waals surface area contributed by atoms with Gasteiger partial charge in [0.15, 0.2) is 5.15 Å². The zero-order chi connectivity index (χ0) is 13.1. The first kappa shape index (κ1) is 12.7. The van der Waals surface area contributed by atoms with Crippen molar-refractivity contribution in [3.8, 4) is 0 Å². The third-order valence-electron chi connectivity index (χ3n) is 2.68. The van der Waals surface area contributed by atoms with Crippen LogP contribution in [-0.4, -0.2) is 28.6 Å². The van der Waals surface area contributed by atoms with Crippen LogP contribution in [0.15, 0.2) is 24.5 Å². The standard InChI is InChI=1S/C12H16ClN5/c1-17(2)12-16-8-9(18(12)3)7-15-10-5-4-6-14-11(10)13/h4-6,8,15H,7H2,1-3H3. The highest BCUT2D eigenvalue weighted by molar-refractivity contribution is 6.31. The highest BCUT2D eigenvalue weighted by atomic mass is 35.5. The molecule has 0 radical (unpaired) electrons. The monoisotopic (exact) mass is 265 g/mol. The van der Waals surface area contributed by atoms with E-state index in [0.29, 0.717) is 11.7 Å². The van der Waals surface area contributed by atoms with Crippen LogP contribution in [0.4, 0.5) is 11.6 Å². The van der Waals surface area contributed by atoms with Gasteiger partial charge in [-0.2, -0.15) is 0 Å². The number of aromatic nitrogens is 3. The molecule has 0 saturated heterocycles. The maximum Gasteiger partial charge on any atom is 0.204 e. The van der Waals surface area contributed by atoms with E-state index in [1.54, 1.807) is 6.20 Å². The topological polar surface area (TPSA) is 46.0 Å². The van der Waals surface area contributed by atoms with Crippen molar-refractivity contribution in [2.45, 2.75) is 6.54 Å². The molecule has 0 saturated carbocycles. The quantitative estimate of drug-likeness (QED) is 0.861. The van der Waals surface area contributed by atoms with Gasteiger partial charge < -0.3 is 14.8 Å². The van der Waals surface area contributed by atoms with Gasteiger partial charge in [0.25, 0.3) is 0 Å². The molecule has 0 spiro atoms. The second-order valence-electron chi connectivity index (χ2n) is 4.20. The van der Waals surface area contributed by atoms with Crippen molar-refractivity contribution in [2.75, 3.05) is 24.3 Å². The predicted molar refractivity (Wildman–Crippen MR) is 74.1 cm³/mol. The summed E-state index contributed by atoms with van der Waals surface area (Å²) in [6.45, 7) is 0.656. The van der Waals surface area contributed by atoms with Crippen LogP contribution in [0.5, 0.6) is 0 Å². The van der Waals surface area contributed by atoms with Crippen molar-refractivity contribution in [1.82, 2.24) is 14.5 Å². The van der Waals surface area contributed by atoms with Crippen LogP contribution in [0.1, 0.15) is 5.69 Å². The fourth-order valence-electron chi connectivity index (χ4n) is 1.72. The molecular weight excluding hydrogens is 250 g/mol. The molecule has 0 aliphatic rings. The first-order valence-corrected chi connectivity index (χ1v) is 5.99. The molecule has 0 unspecified atom stereocenters. The molecule has 96 valence electrons. The van der Waals surface area contributed by atoms with Gasteiger partial charge >= 0.3 is 0 Å². The molecule has 18 heavy (non-hydrogen) atoms. The van der Waals surface area contributed by atoms with E-state index in [2.05, 4.69) is 15.3 Å². The first-order chi connectivity index (χ1) is 8.59. The average Bonchev–Trinajstić information content (AvgIpc) is 2.70. The Bertz CT molecular complexity index is 535. The van der Waals surface area contributed by atoms with E-state index in [4.69, 9.17) is 11.6 Å². The van der Waals surface area contributed by atoms with Crippen molar-refractivity contribution in [2.24, 2.45) is 7.05 Å². The van der Waals surface area contributed by atoms with Gasteiger partial charge in [0, 0.05) is 27.3 Å². The van der Waals surface area contributed by atoms with Crippen molar-refractivity contribution in [3.05, 3.63) is 35.4 Å². The minimum Gasteiger partial charge on any atom is -0.377 e. The van der Waals surface area contributed by atoms with E-state index in [1.165, 1.54) is 0 Å². The molecule has 6 heteroatoms. The summed E-state index contributed by atoms with van der Waals surface area (Å²) in [5.41, 5.74) is 1.91. The molecule has 2 heterocycles. The van der Waals surface area contributed by atoms with Crippen LogP contribution in [0.2, 0.25) is 5.15 Å². The number of nitrogens with zero attached hydrogens (tertiary/aromatic N) is 4. The van der Waals surface area contributed by atoms with Crippen molar-refractivity contribution in [1.29, 1.82) is 0 Å². The number of nitrogens with one attached hydrogen (secondary N) is 1. The Balaban J connectivity index is 2.09. The largest absolute Gasteiger partial charge is 0.377 e. The summed E-state index contributed by atoms with van der Waals surface area (Å²) >= 11 is 5.98. The van der Waals surface area contributed by atoms with Crippen molar-refractivity contribution in [3.63, 3.8) is 0 Å². The van der Waals surface area contributed by atoms with Crippen LogP contribution in [0.3, 0.4) is 0 Å². The van der Waals surface area contributed by atoms with Gasteiger partial charge in [-0.15, -0.1) is 0 Å². The molecule has 1 N–H and O–H groups in total. The minimum absolute atomic E-state index is 0.479. The third kappa shape index (κ3) is 2.56. The van der Waals surface area contributed by atoms with Crippen LogP contribution >= 0.6 is 11.6 Å². The van der Waals surface area contributed by atoms with Crippen LogP contribution in [0, 0.1) is 0 Å². The molecule has 0 amide bonds. The van der Waals surface area contributed by atoms with E-state index in [0.717, 1.165) is 17.3 Å². The molecule has 0 bridgehead atoms. The van der Waals surface area contributed by atoms with Gasteiger partial charge in [0.2, 0.25) is 5.95 Å². The van der Waals surface area contributed by atoms with Crippen LogP contribution in [0.25, 0.3) is 0 Å². The SMILES string of the molecule is CN(C)c1ncc(CNc2cccnc2Cl)n1C. The maximum atomic E-state index is 5.98. The lowest BCUT2D eigenvalue weighted by Crippen LogP contribution is -2.15. The van der Waals surface area contributed by atoms with Crippen LogP contribution < -0.4 is 10.2 Å².